The maximum atomic E-state index is 11.0. The lowest BCUT2D eigenvalue weighted by atomic mass is 9.83. The number of phenolic OH excluding ortho intramolecular Hbond substituents is 1. The number of phenols is 1. The smallest absolute Gasteiger partial charge is 0.323 e. The predicted octanol–water partition coefficient (Wildman–Crippen LogP) is 2.03. The number of carboxylic acid groups (broad SMARTS) is 1. The monoisotopic (exact) mass is 251 g/mol. The molecule has 1 rings (SSSR count). The number of carboxylic acids is 1. The first-order valence-electron chi connectivity index (χ1n) is 5.89. The predicted molar refractivity (Wildman–Crippen MR) is 70.7 cm³/mol. The van der Waals surface area contributed by atoms with Crippen LogP contribution in [0.3, 0.4) is 0 Å². The summed E-state index contributed by atoms with van der Waals surface area (Å²) < 4.78 is 0. The van der Waals surface area contributed by atoms with Crippen molar-refractivity contribution in [2.75, 3.05) is 0 Å². The highest BCUT2D eigenvalue weighted by Crippen LogP contribution is 2.31. The fraction of sp³-hybridized carbons (Fsp3) is 0.500. The minimum absolute atomic E-state index is 0.200. The summed E-state index contributed by atoms with van der Waals surface area (Å²) in [6.07, 6.45) is 0.228. The third-order valence-electron chi connectivity index (χ3n) is 2.93. The van der Waals surface area contributed by atoms with Crippen molar-refractivity contribution >= 4 is 5.97 Å². The van der Waals surface area contributed by atoms with Crippen LogP contribution in [0.25, 0.3) is 0 Å². The zero-order valence-corrected chi connectivity index (χ0v) is 11.3. The van der Waals surface area contributed by atoms with Crippen LogP contribution in [0.15, 0.2) is 18.2 Å². The molecule has 18 heavy (non-hydrogen) atoms. The van der Waals surface area contributed by atoms with E-state index in [1.54, 1.807) is 12.1 Å². The largest absolute Gasteiger partial charge is 0.508 e. The van der Waals surface area contributed by atoms with E-state index in [9.17, 15) is 9.90 Å². The van der Waals surface area contributed by atoms with E-state index in [-0.39, 0.29) is 17.6 Å². The van der Waals surface area contributed by atoms with Crippen LogP contribution in [-0.2, 0) is 16.6 Å². The zero-order chi connectivity index (χ0) is 14.1. The van der Waals surface area contributed by atoms with Crippen LogP contribution in [0.5, 0.6) is 5.75 Å². The molecule has 0 aliphatic heterocycles. The zero-order valence-electron chi connectivity index (χ0n) is 11.3. The van der Waals surface area contributed by atoms with E-state index in [0.717, 1.165) is 11.1 Å². The number of hydrogen-bond donors (Lipinski definition) is 3. The van der Waals surface area contributed by atoms with Crippen molar-refractivity contribution in [2.24, 2.45) is 5.73 Å². The molecular weight excluding hydrogens is 230 g/mol. The number of aromatic hydroxyl groups is 1. The third kappa shape index (κ3) is 3.23. The van der Waals surface area contributed by atoms with Crippen molar-refractivity contribution in [3.8, 4) is 5.75 Å². The van der Waals surface area contributed by atoms with Gasteiger partial charge >= 0.3 is 5.97 Å². The summed E-state index contributed by atoms with van der Waals surface area (Å²) in [7, 11) is 0. The summed E-state index contributed by atoms with van der Waals surface area (Å²) in [5.41, 5.74) is 5.83. The number of carbonyl (C=O) groups is 1. The van der Waals surface area contributed by atoms with Crippen molar-refractivity contribution in [3.05, 3.63) is 29.3 Å². The van der Waals surface area contributed by atoms with E-state index in [0.29, 0.717) is 0 Å². The van der Waals surface area contributed by atoms with Gasteiger partial charge in [0.15, 0.2) is 0 Å². The maximum Gasteiger partial charge on any atom is 0.323 e. The highest BCUT2D eigenvalue weighted by atomic mass is 16.4. The molecule has 1 aromatic carbocycles. The summed E-state index contributed by atoms with van der Waals surface area (Å²) in [6, 6.07) is 5.12. The molecule has 0 radical (unpaired) electrons. The van der Waals surface area contributed by atoms with Gasteiger partial charge < -0.3 is 15.9 Å². The number of aliphatic carboxylic acids is 1. The summed E-state index contributed by atoms with van der Waals surface area (Å²) in [5, 5.41) is 18.8. The Balaban J connectivity index is 3.11. The Morgan fingerprint density at radius 1 is 1.28 bits per heavy atom. The number of hydrogen-bond acceptors (Lipinski definition) is 3. The molecule has 0 spiro atoms. The van der Waals surface area contributed by atoms with Gasteiger partial charge in [-0.2, -0.15) is 0 Å². The van der Waals surface area contributed by atoms with Gasteiger partial charge in [0.1, 0.15) is 11.3 Å². The van der Waals surface area contributed by atoms with Gasteiger partial charge in [-0.15, -0.1) is 0 Å². The van der Waals surface area contributed by atoms with Crippen LogP contribution in [0, 0.1) is 0 Å². The Morgan fingerprint density at radius 3 is 2.28 bits per heavy atom. The van der Waals surface area contributed by atoms with Crippen molar-refractivity contribution in [3.63, 3.8) is 0 Å². The summed E-state index contributed by atoms with van der Waals surface area (Å²) in [4.78, 5) is 11.0. The normalized spacial score (nSPS) is 15.2. The molecule has 0 saturated heterocycles. The second kappa shape index (κ2) is 4.61. The van der Waals surface area contributed by atoms with Crippen LogP contribution in [0.1, 0.15) is 38.8 Å². The minimum atomic E-state index is -1.30. The van der Waals surface area contributed by atoms with Crippen LogP contribution in [-0.4, -0.2) is 21.7 Å². The quantitative estimate of drug-likeness (QED) is 0.767. The molecule has 4 N–H and O–H groups in total. The lowest BCUT2D eigenvalue weighted by Crippen LogP contribution is -2.46. The molecule has 1 aromatic rings. The Bertz CT molecular complexity index is 459. The van der Waals surface area contributed by atoms with Gasteiger partial charge in [0.25, 0.3) is 0 Å². The fourth-order valence-electron chi connectivity index (χ4n) is 1.79. The molecule has 0 bridgehead atoms. The average molecular weight is 251 g/mol. The van der Waals surface area contributed by atoms with E-state index in [2.05, 4.69) is 0 Å². The first-order chi connectivity index (χ1) is 8.04. The van der Waals surface area contributed by atoms with Crippen LogP contribution in [0.4, 0.5) is 0 Å². The van der Waals surface area contributed by atoms with Gasteiger partial charge in [-0.25, -0.2) is 0 Å². The molecule has 0 amide bonds. The number of rotatable bonds is 3. The Kier molecular flexibility index (Phi) is 3.72. The van der Waals surface area contributed by atoms with E-state index in [1.807, 2.05) is 26.8 Å². The maximum absolute atomic E-state index is 11.0. The lowest BCUT2D eigenvalue weighted by molar-refractivity contribution is -0.142. The molecule has 0 fully saturated rings. The first kappa shape index (κ1) is 14.5. The van der Waals surface area contributed by atoms with Crippen LogP contribution < -0.4 is 5.73 Å². The van der Waals surface area contributed by atoms with E-state index < -0.39 is 11.5 Å². The summed E-state index contributed by atoms with van der Waals surface area (Å²) >= 11 is 0. The van der Waals surface area contributed by atoms with Crippen LogP contribution in [0.2, 0.25) is 0 Å². The topological polar surface area (TPSA) is 83.6 Å². The lowest BCUT2D eigenvalue weighted by Gasteiger charge is -2.23. The highest BCUT2D eigenvalue weighted by molar-refractivity contribution is 5.78. The Labute approximate surface area is 107 Å². The molecular formula is C14H21NO3. The van der Waals surface area contributed by atoms with Crippen LogP contribution >= 0.6 is 0 Å². The number of benzene rings is 1. The van der Waals surface area contributed by atoms with E-state index >= 15 is 0 Å². The SMILES string of the molecule is CC(C)(C)c1cc(C[C@](C)(N)C(=O)O)ccc1O. The van der Waals surface area contributed by atoms with Gasteiger partial charge in [0, 0.05) is 6.42 Å². The molecule has 0 heterocycles. The van der Waals surface area contributed by atoms with E-state index in [4.69, 9.17) is 10.8 Å². The molecule has 4 heteroatoms. The van der Waals surface area contributed by atoms with Gasteiger partial charge in [-0.3, -0.25) is 4.79 Å². The van der Waals surface area contributed by atoms with Crippen molar-refractivity contribution in [2.45, 2.75) is 45.1 Å². The highest BCUT2D eigenvalue weighted by Gasteiger charge is 2.29. The second-order valence-electron chi connectivity index (χ2n) is 6.00. The Hall–Kier alpha value is -1.55. The molecule has 0 aliphatic rings. The molecule has 0 aliphatic carbocycles. The minimum Gasteiger partial charge on any atom is -0.508 e. The number of nitrogens with two attached hydrogens (primary N) is 1. The van der Waals surface area contributed by atoms with Gasteiger partial charge in [0.05, 0.1) is 0 Å². The second-order valence-corrected chi connectivity index (χ2v) is 6.00. The molecule has 4 nitrogen and oxygen atoms in total. The summed E-state index contributed by atoms with van der Waals surface area (Å²) in [5.74, 6) is -0.812. The van der Waals surface area contributed by atoms with Crippen molar-refractivity contribution < 1.29 is 15.0 Å². The van der Waals surface area contributed by atoms with Gasteiger partial charge in [-0.1, -0.05) is 32.9 Å². The van der Waals surface area contributed by atoms with Crippen molar-refractivity contribution in [1.82, 2.24) is 0 Å². The molecule has 0 saturated carbocycles. The summed E-state index contributed by atoms with van der Waals surface area (Å²) in [6.45, 7) is 7.46. The fourth-order valence-corrected chi connectivity index (χ4v) is 1.79. The third-order valence-corrected chi connectivity index (χ3v) is 2.93. The molecule has 1 atom stereocenters. The van der Waals surface area contributed by atoms with Crippen molar-refractivity contribution in [1.29, 1.82) is 0 Å². The van der Waals surface area contributed by atoms with Gasteiger partial charge in [0.2, 0.25) is 0 Å². The average Bonchev–Trinajstić information content (AvgIpc) is 2.18. The molecule has 100 valence electrons. The molecule has 0 unspecified atom stereocenters. The molecule has 0 aromatic heterocycles. The standard InChI is InChI=1S/C14H21NO3/c1-13(2,3)10-7-9(5-6-11(10)16)8-14(4,15)12(17)18/h5-7,16H,8,15H2,1-4H3,(H,17,18)/t14-/m0/s1. The van der Waals surface area contributed by atoms with Gasteiger partial charge in [-0.05, 0) is 29.5 Å². The first-order valence-corrected chi connectivity index (χ1v) is 5.89. The van der Waals surface area contributed by atoms with E-state index in [1.165, 1.54) is 6.92 Å². The Morgan fingerprint density at radius 2 is 1.83 bits per heavy atom.